The molecule has 0 bridgehead atoms. The fourth-order valence-corrected chi connectivity index (χ4v) is 2.73. The van der Waals surface area contributed by atoms with Gasteiger partial charge in [0, 0.05) is 12.8 Å². The van der Waals surface area contributed by atoms with Crippen LogP contribution in [0.1, 0.15) is 58.1 Å². The number of aromatic nitrogens is 1. The van der Waals surface area contributed by atoms with E-state index in [0.29, 0.717) is 0 Å². The van der Waals surface area contributed by atoms with Crippen LogP contribution in [-0.2, 0) is 4.74 Å². The Morgan fingerprint density at radius 1 is 1.38 bits per heavy atom. The zero-order chi connectivity index (χ0) is 15.1. The topological polar surface area (TPSA) is 43.4 Å². The van der Waals surface area contributed by atoms with Crippen molar-refractivity contribution in [3.05, 3.63) is 24.0 Å². The lowest BCUT2D eigenvalue weighted by Gasteiger charge is -2.31. The van der Waals surface area contributed by atoms with Gasteiger partial charge in [0.25, 0.3) is 0 Å². The summed E-state index contributed by atoms with van der Waals surface area (Å²) < 4.78 is 11.7. The molecule has 4 nitrogen and oxygen atoms in total. The van der Waals surface area contributed by atoms with Crippen LogP contribution in [-0.4, -0.2) is 30.3 Å². The van der Waals surface area contributed by atoms with Crippen molar-refractivity contribution >= 4 is 0 Å². The standard InChI is InChI=1S/C17H28N2O2/c1-4-8-19-17(16-7-5-6-9-20-16)14-10-15(12-18-11-14)21-13(2)3/h10-13,16-17,19H,4-9H2,1-3H3. The highest BCUT2D eigenvalue weighted by Crippen LogP contribution is 2.28. The Morgan fingerprint density at radius 3 is 2.90 bits per heavy atom. The fraction of sp³-hybridized carbons (Fsp3) is 0.706. The molecule has 1 aliphatic rings. The Balaban J connectivity index is 2.14. The van der Waals surface area contributed by atoms with Crippen molar-refractivity contribution in [1.29, 1.82) is 0 Å². The van der Waals surface area contributed by atoms with Crippen molar-refractivity contribution in [2.75, 3.05) is 13.2 Å². The van der Waals surface area contributed by atoms with Crippen molar-refractivity contribution in [1.82, 2.24) is 10.3 Å². The van der Waals surface area contributed by atoms with Crippen LogP contribution < -0.4 is 10.1 Å². The first-order valence-corrected chi connectivity index (χ1v) is 8.17. The van der Waals surface area contributed by atoms with Crippen molar-refractivity contribution in [3.63, 3.8) is 0 Å². The first kappa shape index (κ1) is 16.2. The first-order valence-electron chi connectivity index (χ1n) is 8.17. The van der Waals surface area contributed by atoms with E-state index in [1.807, 2.05) is 20.0 Å². The highest BCUT2D eigenvalue weighted by atomic mass is 16.5. The SMILES string of the molecule is CCCNC(c1cncc(OC(C)C)c1)C1CCCCO1. The number of rotatable bonds is 7. The molecule has 1 saturated heterocycles. The van der Waals surface area contributed by atoms with Gasteiger partial charge in [-0.15, -0.1) is 0 Å². The number of hydrogen-bond donors (Lipinski definition) is 1. The third-order valence-electron chi connectivity index (χ3n) is 3.67. The summed E-state index contributed by atoms with van der Waals surface area (Å²) in [6.07, 6.45) is 8.74. The second-order valence-electron chi connectivity index (χ2n) is 5.96. The molecule has 0 radical (unpaired) electrons. The van der Waals surface area contributed by atoms with E-state index in [2.05, 4.69) is 23.3 Å². The molecule has 2 rings (SSSR count). The molecule has 1 aromatic rings. The first-order chi connectivity index (χ1) is 10.2. The van der Waals surface area contributed by atoms with Gasteiger partial charge in [-0.25, -0.2) is 0 Å². The minimum absolute atomic E-state index is 0.162. The summed E-state index contributed by atoms with van der Waals surface area (Å²) >= 11 is 0. The molecule has 0 aliphatic carbocycles. The molecule has 2 heterocycles. The summed E-state index contributed by atoms with van der Waals surface area (Å²) in [5.41, 5.74) is 1.16. The van der Waals surface area contributed by atoms with E-state index in [4.69, 9.17) is 9.47 Å². The maximum absolute atomic E-state index is 5.98. The summed E-state index contributed by atoms with van der Waals surface area (Å²) in [7, 11) is 0. The molecule has 2 unspecified atom stereocenters. The average Bonchev–Trinajstić information content (AvgIpc) is 2.48. The zero-order valence-corrected chi connectivity index (χ0v) is 13.5. The summed E-state index contributed by atoms with van der Waals surface area (Å²) in [5.74, 6) is 0.835. The van der Waals surface area contributed by atoms with Gasteiger partial charge in [0.2, 0.25) is 0 Å². The van der Waals surface area contributed by atoms with Gasteiger partial charge >= 0.3 is 0 Å². The van der Waals surface area contributed by atoms with Crippen LogP contribution in [0.2, 0.25) is 0 Å². The van der Waals surface area contributed by atoms with Crippen molar-refractivity contribution in [2.45, 2.75) is 64.7 Å². The Hall–Kier alpha value is -1.13. The number of pyridine rings is 1. The van der Waals surface area contributed by atoms with E-state index in [0.717, 1.165) is 37.3 Å². The van der Waals surface area contributed by atoms with Crippen LogP contribution in [0, 0.1) is 0 Å². The molecule has 0 amide bonds. The predicted octanol–water partition coefficient (Wildman–Crippen LogP) is 3.48. The largest absolute Gasteiger partial charge is 0.489 e. The Morgan fingerprint density at radius 2 is 2.24 bits per heavy atom. The fourth-order valence-electron chi connectivity index (χ4n) is 2.73. The molecule has 1 fully saturated rings. The van der Waals surface area contributed by atoms with E-state index >= 15 is 0 Å². The molecular weight excluding hydrogens is 264 g/mol. The van der Waals surface area contributed by atoms with Crippen LogP contribution in [0.3, 0.4) is 0 Å². The molecule has 0 saturated carbocycles. The molecule has 0 spiro atoms. The van der Waals surface area contributed by atoms with Gasteiger partial charge in [-0.05, 0) is 57.7 Å². The van der Waals surface area contributed by atoms with Gasteiger partial charge in [0.05, 0.1) is 24.4 Å². The zero-order valence-electron chi connectivity index (χ0n) is 13.5. The quantitative estimate of drug-likeness (QED) is 0.835. The maximum Gasteiger partial charge on any atom is 0.138 e. The lowest BCUT2D eigenvalue weighted by molar-refractivity contribution is -0.00827. The van der Waals surface area contributed by atoms with E-state index in [9.17, 15) is 0 Å². The lowest BCUT2D eigenvalue weighted by Crippen LogP contribution is -2.36. The van der Waals surface area contributed by atoms with Gasteiger partial charge in [0.1, 0.15) is 5.75 Å². The van der Waals surface area contributed by atoms with Crippen LogP contribution in [0.25, 0.3) is 0 Å². The van der Waals surface area contributed by atoms with E-state index < -0.39 is 0 Å². The third-order valence-corrected chi connectivity index (χ3v) is 3.67. The summed E-state index contributed by atoms with van der Waals surface area (Å²) in [6.45, 7) is 8.10. The maximum atomic E-state index is 5.98. The highest BCUT2D eigenvalue weighted by Gasteiger charge is 2.26. The molecule has 1 aliphatic heterocycles. The molecule has 1 aromatic heterocycles. The Kier molecular flexibility index (Phi) is 6.46. The number of nitrogens with zero attached hydrogens (tertiary/aromatic N) is 1. The van der Waals surface area contributed by atoms with Crippen LogP contribution >= 0.6 is 0 Å². The van der Waals surface area contributed by atoms with Crippen molar-refractivity contribution < 1.29 is 9.47 Å². The molecule has 1 N–H and O–H groups in total. The summed E-state index contributed by atoms with van der Waals surface area (Å²) in [4.78, 5) is 4.34. The molecule has 0 aromatic carbocycles. The van der Waals surface area contributed by atoms with Crippen LogP contribution in [0.4, 0.5) is 0 Å². The summed E-state index contributed by atoms with van der Waals surface area (Å²) in [5, 5.41) is 3.62. The van der Waals surface area contributed by atoms with Gasteiger partial charge in [-0.3, -0.25) is 4.98 Å². The number of nitrogens with one attached hydrogen (secondary N) is 1. The van der Waals surface area contributed by atoms with Gasteiger partial charge < -0.3 is 14.8 Å². The monoisotopic (exact) mass is 292 g/mol. The lowest BCUT2D eigenvalue weighted by atomic mass is 9.96. The normalized spacial score (nSPS) is 20.5. The second kappa shape index (κ2) is 8.35. The van der Waals surface area contributed by atoms with Crippen LogP contribution in [0.5, 0.6) is 5.75 Å². The van der Waals surface area contributed by atoms with Crippen molar-refractivity contribution in [3.8, 4) is 5.75 Å². The minimum Gasteiger partial charge on any atom is -0.489 e. The van der Waals surface area contributed by atoms with Crippen LogP contribution in [0.15, 0.2) is 18.5 Å². The minimum atomic E-state index is 0.162. The average molecular weight is 292 g/mol. The van der Waals surface area contributed by atoms with E-state index in [-0.39, 0.29) is 18.2 Å². The van der Waals surface area contributed by atoms with Gasteiger partial charge in [0.15, 0.2) is 0 Å². The molecule has 4 heteroatoms. The Labute approximate surface area is 128 Å². The van der Waals surface area contributed by atoms with Gasteiger partial charge in [-0.1, -0.05) is 6.92 Å². The predicted molar refractivity (Wildman–Crippen MR) is 84.6 cm³/mol. The van der Waals surface area contributed by atoms with Gasteiger partial charge in [-0.2, -0.15) is 0 Å². The smallest absolute Gasteiger partial charge is 0.138 e. The summed E-state index contributed by atoms with van der Waals surface area (Å²) in [6, 6.07) is 2.30. The number of ether oxygens (including phenoxy) is 2. The van der Waals surface area contributed by atoms with Crippen molar-refractivity contribution in [2.24, 2.45) is 0 Å². The molecule has 2 atom stereocenters. The van der Waals surface area contributed by atoms with E-state index in [1.54, 1.807) is 6.20 Å². The molecular formula is C17H28N2O2. The highest BCUT2D eigenvalue weighted by molar-refractivity contribution is 5.27. The number of hydrogen-bond acceptors (Lipinski definition) is 4. The third kappa shape index (κ3) is 4.97. The Bertz CT molecular complexity index is 417. The second-order valence-corrected chi connectivity index (χ2v) is 5.96. The molecule has 118 valence electrons. The van der Waals surface area contributed by atoms with E-state index in [1.165, 1.54) is 12.8 Å². The molecule has 21 heavy (non-hydrogen) atoms.